The molecule has 3 rings (SSSR count). The summed E-state index contributed by atoms with van der Waals surface area (Å²) in [4.78, 5) is 75.9. The van der Waals surface area contributed by atoms with E-state index in [9.17, 15) is 44.1 Å². The molecule has 3 aromatic rings. The lowest BCUT2D eigenvalue weighted by Gasteiger charge is -2.31. The molecule has 0 aliphatic heterocycles. The topological polar surface area (TPSA) is 304 Å². The number of rotatable bonds is 37. The highest BCUT2D eigenvalue weighted by molar-refractivity contribution is 5.91. The summed E-state index contributed by atoms with van der Waals surface area (Å²) in [5, 5.41) is 34.0. The van der Waals surface area contributed by atoms with Crippen molar-refractivity contribution < 1.29 is 101 Å². The number of nitrogens with one attached hydrogen (secondary N) is 2. The van der Waals surface area contributed by atoms with Gasteiger partial charge in [0.1, 0.15) is 57.4 Å². The normalized spacial score (nSPS) is 12.0. The quantitative estimate of drug-likeness (QED) is 0.0235. The molecule has 0 heterocycles. The van der Waals surface area contributed by atoms with Crippen LogP contribution in [-0.4, -0.2) is 225 Å². The van der Waals surface area contributed by atoms with E-state index in [4.69, 9.17) is 52.1 Å². The van der Waals surface area contributed by atoms with Crippen LogP contribution < -0.4 is 10.6 Å². The fraction of sp³-hybridized carbons (Fsp3) is 0.593. The summed E-state index contributed by atoms with van der Waals surface area (Å²) in [6.45, 7) is 14.5. The van der Waals surface area contributed by atoms with Gasteiger partial charge >= 0.3 is 18.2 Å². The fourth-order valence-corrected chi connectivity index (χ4v) is 6.39. The molecule has 0 radical (unpaired) electrons. The van der Waals surface area contributed by atoms with Crippen LogP contribution in [-0.2, 0) is 95.7 Å². The van der Waals surface area contributed by atoms with Gasteiger partial charge in [0.05, 0.1) is 79.2 Å². The number of esters is 1. The monoisotopic (exact) mass is 1190 g/mol. The highest BCUT2D eigenvalue weighted by Gasteiger charge is 2.34. The number of hydrogen-bond acceptors (Lipinski definition) is 22. The third-order valence-corrected chi connectivity index (χ3v) is 10.5. The first-order chi connectivity index (χ1) is 40.1. The van der Waals surface area contributed by atoms with Gasteiger partial charge in [-0.25, -0.2) is 14.4 Å². The first-order valence-electron chi connectivity index (χ1n) is 27.2. The van der Waals surface area contributed by atoms with Gasteiger partial charge in [0.15, 0.2) is 17.6 Å². The number of aliphatic hydroxyl groups excluding tert-OH is 3. The molecule has 0 aliphatic carbocycles. The van der Waals surface area contributed by atoms with Crippen molar-refractivity contribution in [3.05, 3.63) is 108 Å². The Hall–Kier alpha value is -6.04. The van der Waals surface area contributed by atoms with Crippen LogP contribution in [0.5, 0.6) is 0 Å². The number of nitrogens with zero attached hydrogens (tertiary/aromatic N) is 2. The Morgan fingerprint density at radius 3 is 1.35 bits per heavy atom. The second kappa shape index (κ2) is 48.2. The van der Waals surface area contributed by atoms with Crippen molar-refractivity contribution in [2.75, 3.05) is 135 Å². The molecule has 0 fully saturated rings. The maximum Gasteiger partial charge on any atom is 0.411 e. The molecule has 0 spiro atoms. The minimum Gasteiger partial charge on any atom is -0.467 e. The third-order valence-electron chi connectivity index (χ3n) is 10.5. The molecule has 0 saturated carbocycles. The molecule has 0 bridgehead atoms. The molecule has 476 valence electrons. The zero-order valence-corrected chi connectivity index (χ0v) is 50.9. The smallest absolute Gasteiger partial charge is 0.411 e. The van der Waals surface area contributed by atoms with Crippen molar-refractivity contribution in [3.8, 4) is 0 Å². The maximum atomic E-state index is 12.9. The Labute approximate surface area is 495 Å². The standard InChI is InChI=1S/C22H34N2O8.C16H23NO5.C15H23NO5.C6H14O3/c1-22(2,3)32-21(28)23-12-20(27)24(13-17-8-6-5-7-9-17)18(14-25)19(26)15-31-16-30-11-10-29-4;1-16(2,3)22-15(20)17(13(11-18)14(19)21-4)10-12-8-6-5-7-9-12;1-19-7-8-20-12-21-11-15(18)14(10-17)16-9-13-5-3-2-4-6-13;1-3-8-6-9-5-4-7-2/h5-9,18,25H,10-16H2,1-4H3,(H,23,28);5-9,13,18H,10-11H2,1-4H3;2-6,14,16-17H,7-12H2,1H3;3-6H2,1-2H3/t18-;13-;14-;/m111./s1. The van der Waals surface area contributed by atoms with Crippen LogP contribution in [0.3, 0.4) is 0 Å². The molecule has 5 N–H and O–H groups in total. The number of ether oxygens (including phenoxy) is 12. The molecular weight excluding hydrogens is 1100 g/mol. The van der Waals surface area contributed by atoms with Crippen LogP contribution in [0, 0.1) is 0 Å². The van der Waals surface area contributed by atoms with Gasteiger partial charge < -0.3 is 87.7 Å². The number of amides is 3. The molecule has 25 nitrogen and oxygen atoms in total. The van der Waals surface area contributed by atoms with Crippen molar-refractivity contribution in [1.29, 1.82) is 0 Å². The molecule has 84 heavy (non-hydrogen) atoms. The number of Topliss-reactive ketones (excluding diaryl/α,β-unsaturated/α-hetero) is 2. The molecule has 3 amide bonds. The molecule has 3 aromatic carbocycles. The second-order valence-electron chi connectivity index (χ2n) is 19.7. The van der Waals surface area contributed by atoms with Crippen LogP contribution in [0.4, 0.5) is 9.59 Å². The predicted octanol–water partition coefficient (Wildman–Crippen LogP) is 4.05. The Balaban J connectivity index is 0.00000117. The molecule has 25 heteroatoms. The lowest BCUT2D eigenvalue weighted by atomic mass is 10.1. The summed E-state index contributed by atoms with van der Waals surface area (Å²) in [6.07, 6.45) is -1.44. The van der Waals surface area contributed by atoms with E-state index >= 15 is 0 Å². The number of benzene rings is 3. The minimum atomic E-state index is -1.15. The van der Waals surface area contributed by atoms with Gasteiger partial charge in [-0.3, -0.25) is 19.3 Å². The Bertz CT molecular complexity index is 2160. The molecule has 3 atom stereocenters. The van der Waals surface area contributed by atoms with Gasteiger partial charge in [-0.2, -0.15) is 0 Å². The first-order valence-corrected chi connectivity index (χ1v) is 27.2. The lowest BCUT2D eigenvalue weighted by molar-refractivity contribution is -0.148. The zero-order chi connectivity index (χ0) is 63.0. The summed E-state index contributed by atoms with van der Waals surface area (Å²) in [5.41, 5.74) is 1.20. The third kappa shape index (κ3) is 39.5. The fourth-order valence-electron chi connectivity index (χ4n) is 6.39. The summed E-state index contributed by atoms with van der Waals surface area (Å²) in [6, 6.07) is 24.9. The van der Waals surface area contributed by atoms with Crippen molar-refractivity contribution in [1.82, 2.24) is 20.4 Å². The highest BCUT2D eigenvalue weighted by Crippen LogP contribution is 2.17. The average Bonchev–Trinajstić information content (AvgIpc) is 3.51. The largest absolute Gasteiger partial charge is 0.467 e. The SMILES string of the molecule is CCOCOCCOC.COC(=O)[C@@H](CO)N(Cc1ccccc1)C(=O)OC(C)(C)C.COCCOCOCC(=O)[C@@H](CO)N(Cc1ccccc1)C(=O)CNC(=O)OC(C)(C)C.COCCOCOCC(=O)[C@@H](CO)NCc1ccccc1. The minimum absolute atomic E-state index is 0.0337. The number of alkyl carbamates (subject to hydrolysis) is 1. The van der Waals surface area contributed by atoms with Crippen molar-refractivity contribution >= 4 is 35.6 Å². The van der Waals surface area contributed by atoms with Gasteiger partial charge in [-0.05, 0) is 65.2 Å². The molecule has 0 unspecified atom stereocenters. The van der Waals surface area contributed by atoms with Gasteiger partial charge in [0, 0.05) is 41.0 Å². The van der Waals surface area contributed by atoms with Crippen molar-refractivity contribution in [2.45, 2.75) is 97.4 Å². The summed E-state index contributed by atoms with van der Waals surface area (Å²) >= 11 is 0. The van der Waals surface area contributed by atoms with Gasteiger partial charge in [0.2, 0.25) is 5.91 Å². The second-order valence-corrected chi connectivity index (χ2v) is 19.7. The Morgan fingerprint density at radius 2 is 0.940 bits per heavy atom. The van der Waals surface area contributed by atoms with E-state index in [0.29, 0.717) is 59.6 Å². The number of carbonyl (C=O) groups is 6. The van der Waals surface area contributed by atoms with Gasteiger partial charge in [0.25, 0.3) is 0 Å². The number of hydrogen-bond donors (Lipinski definition) is 5. The lowest BCUT2D eigenvalue weighted by Crippen LogP contribution is -2.51. The number of ketones is 2. The van der Waals surface area contributed by atoms with Crippen molar-refractivity contribution in [2.24, 2.45) is 0 Å². The van der Waals surface area contributed by atoms with E-state index in [1.165, 1.54) is 24.0 Å². The van der Waals surface area contributed by atoms with Crippen LogP contribution in [0.2, 0.25) is 0 Å². The van der Waals surface area contributed by atoms with Crippen LogP contribution in [0.1, 0.15) is 65.2 Å². The average molecular weight is 1200 g/mol. The first kappa shape index (κ1) is 78.0. The van der Waals surface area contributed by atoms with Gasteiger partial charge in [-0.1, -0.05) is 91.0 Å². The van der Waals surface area contributed by atoms with E-state index in [2.05, 4.69) is 15.4 Å². The van der Waals surface area contributed by atoms with E-state index in [0.717, 1.165) is 16.7 Å². The number of methoxy groups -OCH3 is 4. The summed E-state index contributed by atoms with van der Waals surface area (Å²) < 4.78 is 59.9. The van der Waals surface area contributed by atoms with Crippen molar-refractivity contribution in [3.63, 3.8) is 0 Å². The molecule has 0 aliphatic rings. The van der Waals surface area contributed by atoms with Crippen LogP contribution >= 0.6 is 0 Å². The van der Waals surface area contributed by atoms with E-state index in [1.807, 2.05) is 73.7 Å². The van der Waals surface area contributed by atoms with E-state index < -0.39 is 78.9 Å². The van der Waals surface area contributed by atoms with Crippen LogP contribution in [0.25, 0.3) is 0 Å². The van der Waals surface area contributed by atoms with Crippen LogP contribution in [0.15, 0.2) is 91.0 Å². The molecule has 0 aromatic heterocycles. The summed E-state index contributed by atoms with van der Waals surface area (Å²) in [7, 11) is 5.97. The number of aliphatic hydroxyl groups is 3. The predicted molar refractivity (Wildman–Crippen MR) is 309 cm³/mol. The summed E-state index contributed by atoms with van der Waals surface area (Å²) in [5.74, 6) is -1.94. The van der Waals surface area contributed by atoms with E-state index in [-0.39, 0.29) is 52.3 Å². The Kier molecular flexibility index (Phi) is 44.8. The van der Waals surface area contributed by atoms with E-state index in [1.54, 1.807) is 80.0 Å². The highest BCUT2D eigenvalue weighted by atomic mass is 16.7. The zero-order valence-electron chi connectivity index (χ0n) is 50.9. The Morgan fingerprint density at radius 1 is 0.512 bits per heavy atom. The maximum absolute atomic E-state index is 12.9. The molecule has 0 saturated heterocycles. The van der Waals surface area contributed by atoms with Gasteiger partial charge in [-0.15, -0.1) is 0 Å². The molecular formula is C59H94N4O21. The number of carbonyl (C=O) groups excluding carboxylic acids is 6.